The average molecular weight is 343 g/mol. The smallest absolute Gasteiger partial charge is 0.226 e. The summed E-state index contributed by atoms with van der Waals surface area (Å²) in [5, 5.41) is 7.26. The number of carbonyl (C=O) groups is 1. The first-order chi connectivity index (χ1) is 12.1. The van der Waals surface area contributed by atoms with Crippen molar-refractivity contribution in [1.82, 2.24) is 20.1 Å². The van der Waals surface area contributed by atoms with Crippen molar-refractivity contribution in [2.24, 2.45) is 13.0 Å². The van der Waals surface area contributed by atoms with Crippen LogP contribution in [0.25, 0.3) is 0 Å². The molecule has 1 aliphatic rings. The van der Waals surface area contributed by atoms with E-state index < -0.39 is 0 Å². The molecule has 1 saturated heterocycles. The number of amides is 1. The number of rotatable bonds is 5. The minimum Gasteiger partial charge on any atom is -0.371 e. The van der Waals surface area contributed by atoms with Gasteiger partial charge in [-0.2, -0.15) is 5.10 Å². The second kappa shape index (κ2) is 7.65. The predicted octanol–water partition coefficient (Wildman–Crippen LogP) is 1.67. The molecular formula is C18H25N5O2. The highest BCUT2D eigenvalue weighted by atomic mass is 16.5. The van der Waals surface area contributed by atoms with Crippen LogP contribution in [0.5, 0.6) is 0 Å². The molecule has 7 nitrogen and oxygen atoms in total. The number of pyridine rings is 1. The summed E-state index contributed by atoms with van der Waals surface area (Å²) in [5.41, 5.74) is 1.94. The number of nitrogens with zero attached hydrogens (tertiary/aromatic N) is 4. The molecule has 3 heterocycles. The summed E-state index contributed by atoms with van der Waals surface area (Å²) in [6.07, 6.45) is 4.95. The van der Waals surface area contributed by atoms with Crippen molar-refractivity contribution in [3.63, 3.8) is 0 Å². The fraction of sp³-hybridized carbons (Fsp3) is 0.500. The van der Waals surface area contributed by atoms with Gasteiger partial charge in [0, 0.05) is 52.3 Å². The Kier molecular flexibility index (Phi) is 5.33. The molecule has 134 valence electrons. The van der Waals surface area contributed by atoms with E-state index in [0.717, 1.165) is 29.9 Å². The van der Waals surface area contributed by atoms with Crippen LogP contribution in [0.1, 0.15) is 30.2 Å². The summed E-state index contributed by atoms with van der Waals surface area (Å²) in [4.78, 5) is 19.1. The largest absolute Gasteiger partial charge is 0.371 e. The molecule has 0 radical (unpaired) electrons. The lowest BCUT2D eigenvalue weighted by Crippen LogP contribution is -2.38. The maximum Gasteiger partial charge on any atom is 0.226 e. The fourth-order valence-corrected chi connectivity index (χ4v) is 3.29. The second-order valence-corrected chi connectivity index (χ2v) is 6.52. The molecule has 1 N–H and O–H groups in total. The maximum atomic E-state index is 12.8. The van der Waals surface area contributed by atoms with Crippen molar-refractivity contribution in [1.29, 1.82) is 0 Å². The van der Waals surface area contributed by atoms with Gasteiger partial charge in [0.25, 0.3) is 0 Å². The minimum absolute atomic E-state index is 0.0134. The second-order valence-electron chi connectivity index (χ2n) is 6.52. The Morgan fingerprint density at radius 1 is 1.40 bits per heavy atom. The third-order valence-electron chi connectivity index (χ3n) is 4.55. The van der Waals surface area contributed by atoms with Crippen LogP contribution in [0.3, 0.4) is 0 Å². The molecule has 25 heavy (non-hydrogen) atoms. The molecule has 1 aliphatic heterocycles. The van der Waals surface area contributed by atoms with E-state index in [4.69, 9.17) is 4.74 Å². The molecule has 0 aromatic carbocycles. The molecule has 3 rings (SSSR count). The highest BCUT2D eigenvalue weighted by Crippen LogP contribution is 2.33. The van der Waals surface area contributed by atoms with Crippen molar-refractivity contribution in [3.05, 3.63) is 41.9 Å². The number of aryl methyl sites for hydroxylation is 1. The van der Waals surface area contributed by atoms with Crippen LogP contribution >= 0.6 is 0 Å². The summed E-state index contributed by atoms with van der Waals surface area (Å²) in [5.74, 6) is 0.675. The van der Waals surface area contributed by atoms with Crippen molar-refractivity contribution in [2.45, 2.75) is 25.5 Å². The van der Waals surface area contributed by atoms with E-state index in [2.05, 4.69) is 15.4 Å². The van der Waals surface area contributed by atoms with Crippen LogP contribution in [0.4, 0.5) is 5.82 Å². The first-order valence-corrected chi connectivity index (χ1v) is 8.56. The highest BCUT2D eigenvalue weighted by molar-refractivity contribution is 5.79. The molecule has 2 atom stereocenters. The molecule has 0 saturated carbocycles. The zero-order valence-electron chi connectivity index (χ0n) is 15.0. The molecule has 1 fully saturated rings. The van der Waals surface area contributed by atoms with Crippen LogP contribution in [-0.4, -0.2) is 41.4 Å². The van der Waals surface area contributed by atoms with Gasteiger partial charge in [-0.05, 0) is 25.0 Å². The molecule has 2 aromatic heterocycles. The van der Waals surface area contributed by atoms with E-state index in [1.807, 2.05) is 44.2 Å². The Labute approximate surface area is 148 Å². The third-order valence-corrected chi connectivity index (χ3v) is 4.55. The van der Waals surface area contributed by atoms with E-state index in [-0.39, 0.29) is 17.9 Å². The van der Waals surface area contributed by atoms with Gasteiger partial charge in [-0.15, -0.1) is 0 Å². The molecule has 0 spiro atoms. The normalized spacial score (nSPS) is 20.3. The van der Waals surface area contributed by atoms with E-state index >= 15 is 0 Å². The predicted molar refractivity (Wildman–Crippen MR) is 95.0 cm³/mol. The van der Waals surface area contributed by atoms with E-state index in [9.17, 15) is 4.79 Å². The van der Waals surface area contributed by atoms with Gasteiger partial charge in [0.15, 0.2) is 0 Å². The topological polar surface area (TPSA) is 72.3 Å². The number of ether oxygens (including phenoxy) is 1. The number of hydrogen-bond acceptors (Lipinski definition) is 5. The molecule has 2 aromatic rings. The number of nitrogens with one attached hydrogen (secondary N) is 1. The number of anilines is 1. The van der Waals surface area contributed by atoms with Crippen LogP contribution in [0.15, 0.2) is 30.6 Å². The van der Waals surface area contributed by atoms with Crippen molar-refractivity contribution >= 4 is 11.7 Å². The van der Waals surface area contributed by atoms with Gasteiger partial charge in [0.05, 0.1) is 11.6 Å². The Balaban J connectivity index is 1.71. The van der Waals surface area contributed by atoms with Crippen LogP contribution < -0.4 is 10.2 Å². The monoisotopic (exact) mass is 343 g/mol. The third kappa shape index (κ3) is 3.82. The highest BCUT2D eigenvalue weighted by Gasteiger charge is 2.34. The molecule has 1 amide bonds. The first-order valence-electron chi connectivity index (χ1n) is 8.56. The summed E-state index contributed by atoms with van der Waals surface area (Å²) >= 11 is 0. The quantitative estimate of drug-likeness (QED) is 0.894. The molecule has 0 aliphatic carbocycles. The van der Waals surface area contributed by atoms with Crippen molar-refractivity contribution in [2.75, 3.05) is 25.6 Å². The lowest BCUT2D eigenvalue weighted by Gasteiger charge is -2.31. The van der Waals surface area contributed by atoms with Crippen LogP contribution in [0.2, 0.25) is 0 Å². The lowest BCUT2D eigenvalue weighted by molar-refractivity contribution is -0.135. The molecule has 7 heteroatoms. The Hall–Kier alpha value is -2.41. The number of carbonyl (C=O) groups excluding carboxylic acids is 1. The molecule has 0 unspecified atom stereocenters. The van der Waals surface area contributed by atoms with E-state index in [1.165, 1.54) is 0 Å². The van der Waals surface area contributed by atoms with Crippen LogP contribution in [0, 0.1) is 5.92 Å². The van der Waals surface area contributed by atoms with Gasteiger partial charge in [0.1, 0.15) is 11.9 Å². The van der Waals surface area contributed by atoms with E-state index in [0.29, 0.717) is 13.2 Å². The van der Waals surface area contributed by atoms with Gasteiger partial charge < -0.3 is 15.0 Å². The van der Waals surface area contributed by atoms with Gasteiger partial charge >= 0.3 is 0 Å². The van der Waals surface area contributed by atoms with Crippen molar-refractivity contribution < 1.29 is 9.53 Å². The zero-order valence-corrected chi connectivity index (χ0v) is 15.0. The standard InChI is InChI=1S/C18H25N5O2/c1-22(2)17-13(6-4-9-19-17)12-20-18(24)14-7-5-11-25-16(14)15-8-10-21-23(15)3/h4,6,8-10,14,16H,5,7,11-12H2,1-3H3,(H,20,24)/t14-,16-/m1/s1. The minimum atomic E-state index is -0.247. The van der Waals surface area contributed by atoms with Gasteiger partial charge in [-0.25, -0.2) is 4.98 Å². The fourth-order valence-electron chi connectivity index (χ4n) is 3.29. The Morgan fingerprint density at radius 2 is 2.24 bits per heavy atom. The maximum absolute atomic E-state index is 12.8. The van der Waals surface area contributed by atoms with Crippen molar-refractivity contribution in [3.8, 4) is 0 Å². The number of aromatic nitrogens is 3. The summed E-state index contributed by atoms with van der Waals surface area (Å²) in [6, 6.07) is 5.79. The van der Waals surface area contributed by atoms with Gasteiger partial charge in [0.2, 0.25) is 5.91 Å². The lowest BCUT2D eigenvalue weighted by atomic mass is 9.91. The molecular weight excluding hydrogens is 318 g/mol. The Bertz CT molecular complexity index is 728. The average Bonchev–Trinajstić information content (AvgIpc) is 3.05. The summed E-state index contributed by atoms with van der Waals surface area (Å²) < 4.78 is 7.69. The zero-order chi connectivity index (χ0) is 17.8. The SMILES string of the molecule is CN(C)c1ncccc1CNC(=O)[C@@H]1CCCO[C@H]1c1ccnn1C. The summed E-state index contributed by atoms with van der Waals surface area (Å²) in [6.45, 7) is 1.13. The van der Waals surface area contributed by atoms with Gasteiger partial charge in [-0.3, -0.25) is 9.48 Å². The Morgan fingerprint density at radius 3 is 2.96 bits per heavy atom. The van der Waals surface area contributed by atoms with Gasteiger partial charge in [-0.1, -0.05) is 6.07 Å². The van der Waals surface area contributed by atoms with E-state index in [1.54, 1.807) is 17.1 Å². The van der Waals surface area contributed by atoms with Crippen LogP contribution in [-0.2, 0) is 23.1 Å². The summed E-state index contributed by atoms with van der Waals surface area (Å²) in [7, 11) is 5.77. The number of hydrogen-bond donors (Lipinski definition) is 1. The molecule has 0 bridgehead atoms. The first kappa shape index (κ1) is 17.4.